The number of nitrogens with one attached hydrogen (secondary N) is 3. The lowest BCUT2D eigenvalue weighted by atomic mass is 9.90. The minimum Gasteiger partial charge on any atom is -0.451 e. The standard InChI is InChI=1S/C33H41N4O9P/c1-4-6-8-13-27(28(5-2)37(22-38)44-19-24-11-9-7-10-12-24)32(40)34-20-35-33(41)30-17-16-29(46-30)25-14-15-26(23(3)18-25)31(39)36-21-45-47(42)43/h7,9-12,14-18,22,27-28H,4-6,8,13,19-21H2,1-3H3,(H3-,34,35,36,39,40,41,42,43)/p+1. The maximum absolute atomic E-state index is 13.4. The number of hydrogen-bond donors (Lipinski definition) is 4. The number of rotatable bonds is 20. The Labute approximate surface area is 274 Å². The quantitative estimate of drug-likeness (QED) is 0.0425. The molecule has 47 heavy (non-hydrogen) atoms. The van der Waals surface area contributed by atoms with Crippen LogP contribution < -0.4 is 16.0 Å². The summed E-state index contributed by atoms with van der Waals surface area (Å²) in [5, 5.41) is 9.03. The van der Waals surface area contributed by atoms with Crippen molar-refractivity contribution in [1.29, 1.82) is 0 Å². The molecule has 3 aromatic rings. The zero-order chi connectivity index (χ0) is 34.2. The van der Waals surface area contributed by atoms with Gasteiger partial charge in [0.25, 0.3) is 11.8 Å². The fourth-order valence-electron chi connectivity index (χ4n) is 5.05. The molecule has 1 aromatic heterocycles. The summed E-state index contributed by atoms with van der Waals surface area (Å²) in [4.78, 5) is 65.1. The molecule has 0 aliphatic carbocycles. The smallest absolute Gasteiger partial charge is 0.451 e. The Morgan fingerprint density at radius 3 is 2.43 bits per heavy atom. The SMILES string of the molecule is CCCCCC(C(=O)NCNC(=O)c1ccc(-c2ccc(C(=O)NCO[P+](=O)O)c(C)c2)o1)C(CC)N(C=O)OCc1ccccc1. The zero-order valence-corrected chi connectivity index (χ0v) is 27.7. The third kappa shape index (κ3) is 11.4. The number of hydroxylamine groups is 2. The molecule has 3 rings (SSSR count). The highest BCUT2D eigenvalue weighted by molar-refractivity contribution is 7.32. The van der Waals surface area contributed by atoms with Crippen molar-refractivity contribution in [2.45, 2.75) is 65.5 Å². The summed E-state index contributed by atoms with van der Waals surface area (Å²) in [7, 11) is -2.82. The fraction of sp³-hybridized carbons (Fsp3) is 0.394. The summed E-state index contributed by atoms with van der Waals surface area (Å²) in [6.07, 6.45) is 4.34. The molecule has 1 heterocycles. The van der Waals surface area contributed by atoms with Crippen LogP contribution in [0.4, 0.5) is 0 Å². The molecule has 13 nitrogen and oxygen atoms in total. The molecule has 0 fully saturated rings. The minimum absolute atomic E-state index is 0.0244. The van der Waals surface area contributed by atoms with Crippen LogP contribution in [0.25, 0.3) is 11.3 Å². The third-order valence-electron chi connectivity index (χ3n) is 7.50. The van der Waals surface area contributed by atoms with E-state index >= 15 is 0 Å². The van der Waals surface area contributed by atoms with Crippen LogP contribution in [0.5, 0.6) is 0 Å². The Bertz CT molecular complexity index is 1500. The van der Waals surface area contributed by atoms with E-state index < -0.39 is 38.8 Å². The first-order valence-corrected chi connectivity index (χ1v) is 16.6. The summed E-state index contributed by atoms with van der Waals surface area (Å²) in [6.45, 7) is 5.30. The Morgan fingerprint density at radius 2 is 1.77 bits per heavy atom. The maximum atomic E-state index is 13.4. The van der Waals surface area contributed by atoms with Crippen LogP contribution in [0.3, 0.4) is 0 Å². The molecule has 2 aromatic carbocycles. The number of aryl methyl sites for hydroxylation is 1. The number of hydrogen-bond acceptors (Lipinski definition) is 8. The molecule has 14 heteroatoms. The monoisotopic (exact) mass is 669 g/mol. The van der Waals surface area contributed by atoms with Gasteiger partial charge >= 0.3 is 8.25 Å². The molecule has 0 saturated carbocycles. The van der Waals surface area contributed by atoms with E-state index in [1.165, 1.54) is 11.1 Å². The van der Waals surface area contributed by atoms with E-state index in [1.54, 1.807) is 31.2 Å². The lowest BCUT2D eigenvalue weighted by Crippen LogP contribution is -2.48. The Balaban J connectivity index is 1.59. The first-order chi connectivity index (χ1) is 22.7. The van der Waals surface area contributed by atoms with Crippen molar-refractivity contribution < 1.29 is 42.4 Å². The van der Waals surface area contributed by atoms with Crippen LogP contribution in [0.2, 0.25) is 0 Å². The van der Waals surface area contributed by atoms with Gasteiger partial charge in [-0.15, -0.1) is 4.89 Å². The van der Waals surface area contributed by atoms with Crippen molar-refractivity contribution >= 4 is 32.4 Å². The second-order valence-electron chi connectivity index (χ2n) is 10.7. The van der Waals surface area contributed by atoms with Crippen molar-refractivity contribution in [3.63, 3.8) is 0 Å². The first-order valence-electron chi connectivity index (χ1n) is 15.4. The topological polar surface area (TPSA) is 177 Å². The summed E-state index contributed by atoms with van der Waals surface area (Å²) < 4.78 is 20.8. The number of amides is 4. The molecule has 3 atom stereocenters. The molecular formula is C33H42N4O9P+. The van der Waals surface area contributed by atoms with E-state index in [1.807, 2.05) is 37.3 Å². The van der Waals surface area contributed by atoms with Gasteiger partial charge in [0.05, 0.1) is 18.6 Å². The van der Waals surface area contributed by atoms with E-state index in [2.05, 4.69) is 27.4 Å². The molecule has 0 radical (unpaired) electrons. The van der Waals surface area contributed by atoms with Gasteiger partial charge in [0.2, 0.25) is 12.3 Å². The van der Waals surface area contributed by atoms with Crippen molar-refractivity contribution in [2.24, 2.45) is 5.92 Å². The van der Waals surface area contributed by atoms with Gasteiger partial charge in [-0.25, -0.2) is 5.06 Å². The van der Waals surface area contributed by atoms with Gasteiger partial charge in [-0.2, -0.15) is 0 Å². The number of carbonyl (C=O) groups is 4. The van der Waals surface area contributed by atoms with E-state index in [4.69, 9.17) is 14.1 Å². The summed E-state index contributed by atoms with van der Waals surface area (Å²) in [6, 6.07) is 17.0. The van der Waals surface area contributed by atoms with Gasteiger partial charge in [0.15, 0.2) is 12.5 Å². The molecule has 252 valence electrons. The average molecular weight is 670 g/mol. The Kier molecular flexibility index (Phi) is 15.2. The first kappa shape index (κ1) is 37.0. The number of furan rings is 1. The summed E-state index contributed by atoms with van der Waals surface area (Å²) in [5.41, 5.74) is 2.46. The normalized spacial score (nSPS) is 12.5. The second-order valence-corrected chi connectivity index (χ2v) is 11.5. The van der Waals surface area contributed by atoms with Gasteiger partial charge in [0.1, 0.15) is 12.4 Å². The van der Waals surface area contributed by atoms with Crippen LogP contribution in [-0.4, -0.2) is 53.5 Å². The maximum Gasteiger partial charge on any atom is 0.696 e. The summed E-state index contributed by atoms with van der Waals surface area (Å²) >= 11 is 0. The molecule has 0 saturated heterocycles. The fourth-order valence-corrected chi connectivity index (χ4v) is 5.22. The highest BCUT2D eigenvalue weighted by Crippen LogP contribution is 2.25. The second kappa shape index (κ2) is 19.3. The van der Waals surface area contributed by atoms with E-state index in [9.17, 15) is 23.7 Å². The highest BCUT2D eigenvalue weighted by Gasteiger charge is 2.32. The molecule has 4 amide bonds. The van der Waals surface area contributed by atoms with Crippen molar-refractivity contribution in [2.75, 3.05) is 13.4 Å². The van der Waals surface area contributed by atoms with Gasteiger partial charge < -0.3 is 20.4 Å². The van der Waals surface area contributed by atoms with Crippen LogP contribution in [0.1, 0.15) is 78.0 Å². The predicted molar refractivity (Wildman–Crippen MR) is 173 cm³/mol. The molecule has 4 N–H and O–H groups in total. The van der Waals surface area contributed by atoms with Crippen LogP contribution in [-0.2, 0) is 30.1 Å². The lowest BCUT2D eigenvalue weighted by molar-refractivity contribution is -0.200. The van der Waals surface area contributed by atoms with Crippen LogP contribution >= 0.6 is 8.25 Å². The number of benzene rings is 2. The van der Waals surface area contributed by atoms with Crippen molar-refractivity contribution in [3.05, 3.63) is 83.1 Å². The summed E-state index contributed by atoms with van der Waals surface area (Å²) in [5.74, 6) is -1.47. The number of nitrogens with zero attached hydrogens (tertiary/aromatic N) is 1. The zero-order valence-electron chi connectivity index (χ0n) is 26.8. The lowest BCUT2D eigenvalue weighted by Gasteiger charge is -2.32. The number of carbonyl (C=O) groups excluding carboxylic acids is 4. The van der Waals surface area contributed by atoms with E-state index in [0.717, 1.165) is 24.8 Å². The van der Waals surface area contributed by atoms with E-state index in [-0.39, 0.29) is 24.9 Å². The minimum atomic E-state index is -2.82. The Morgan fingerprint density at radius 1 is 1.00 bits per heavy atom. The van der Waals surface area contributed by atoms with Gasteiger partial charge in [-0.05, 0) is 55.2 Å². The van der Waals surface area contributed by atoms with Crippen LogP contribution in [0, 0.1) is 12.8 Å². The van der Waals surface area contributed by atoms with Gasteiger partial charge in [0, 0.05) is 15.7 Å². The van der Waals surface area contributed by atoms with Gasteiger partial charge in [-0.1, -0.05) is 74.0 Å². The molecule has 0 aliphatic heterocycles. The molecule has 0 bridgehead atoms. The van der Waals surface area contributed by atoms with Gasteiger partial charge in [-0.3, -0.25) is 24.0 Å². The highest BCUT2D eigenvalue weighted by atomic mass is 31.1. The number of unbranched alkanes of at least 4 members (excludes halogenated alkanes) is 2. The third-order valence-corrected chi connectivity index (χ3v) is 7.85. The van der Waals surface area contributed by atoms with Crippen molar-refractivity contribution in [3.8, 4) is 11.3 Å². The molecule has 0 aliphatic rings. The molecule has 0 spiro atoms. The van der Waals surface area contributed by atoms with E-state index in [0.29, 0.717) is 41.7 Å². The average Bonchev–Trinajstić information content (AvgIpc) is 3.56. The molecule has 3 unspecified atom stereocenters. The molecular weight excluding hydrogens is 627 g/mol. The largest absolute Gasteiger partial charge is 0.696 e. The van der Waals surface area contributed by atoms with Crippen LogP contribution in [0.15, 0.2) is 65.1 Å². The predicted octanol–water partition coefficient (Wildman–Crippen LogP) is 4.98. The van der Waals surface area contributed by atoms with Crippen molar-refractivity contribution in [1.82, 2.24) is 21.0 Å². The Hall–Kier alpha value is -4.42.